The Kier molecular flexibility index (Phi) is 3.55. The van der Waals surface area contributed by atoms with Crippen molar-refractivity contribution in [2.75, 3.05) is 31.1 Å². The number of nitrogens with zero attached hydrogens (tertiary/aromatic N) is 4. The molecule has 1 aliphatic rings. The molecule has 5 heteroatoms. The lowest BCUT2D eigenvalue weighted by Gasteiger charge is -2.36. The molecule has 1 fully saturated rings. The second kappa shape index (κ2) is 5.11. The molecule has 2 heterocycles. The van der Waals surface area contributed by atoms with Crippen LogP contribution in [0.5, 0.6) is 0 Å². The Labute approximate surface area is 100 Å². The minimum absolute atomic E-state index is 0.0780. The Balaban J connectivity index is 2.01. The molecule has 0 radical (unpaired) electrons. The predicted octanol–water partition coefficient (Wildman–Crippen LogP) is 1.25. The molecule has 4 nitrogen and oxygen atoms in total. The molecule has 1 atom stereocenters. The standard InChI is InChI=1S/C12H15FN4/c1-10(9-14)16-5-7-17(8-6-16)12-11(13)3-2-4-15-12/h2-4,10H,5-8H2,1H3. The monoisotopic (exact) mass is 234 g/mol. The van der Waals surface area contributed by atoms with Crippen LogP contribution in [0.4, 0.5) is 10.2 Å². The molecule has 1 saturated heterocycles. The van der Waals surface area contributed by atoms with Crippen molar-refractivity contribution in [2.45, 2.75) is 13.0 Å². The molecule has 0 saturated carbocycles. The van der Waals surface area contributed by atoms with E-state index in [-0.39, 0.29) is 11.9 Å². The minimum atomic E-state index is -0.283. The summed E-state index contributed by atoms with van der Waals surface area (Å²) in [5, 5.41) is 8.84. The number of pyridine rings is 1. The van der Waals surface area contributed by atoms with Crippen molar-refractivity contribution < 1.29 is 4.39 Å². The molecule has 1 aromatic rings. The van der Waals surface area contributed by atoms with Crippen LogP contribution in [0.1, 0.15) is 6.92 Å². The maximum absolute atomic E-state index is 13.5. The van der Waals surface area contributed by atoms with Gasteiger partial charge in [0.2, 0.25) is 0 Å². The fourth-order valence-electron chi connectivity index (χ4n) is 2.01. The average molecular weight is 234 g/mol. The van der Waals surface area contributed by atoms with Gasteiger partial charge < -0.3 is 4.90 Å². The fraction of sp³-hybridized carbons (Fsp3) is 0.500. The Morgan fingerprint density at radius 3 is 2.71 bits per heavy atom. The molecule has 17 heavy (non-hydrogen) atoms. The third kappa shape index (κ3) is 2.53. The summed E-state index contributed by atoms with van der Waals surface area (Å²) < 4.78 is 13.5. The van der Waals surface area contributed by atoms with Gasteiger partial charge in [-0.1, -0.05) is 0 Å². The van der Waals surface area contributed by atoms with Gasteiger partial charge in [0.15, 0.2) is 11.6 Å². The van der Waals surface area contributed by atoms with Crippen molar-refractivity contribution in [3.8, 4) is 6.07 Å². The van der Waals surface area contributed by atoms with E-state index in [2.05, 4.69) is 16.0 Å². The van der Waals surface area contributed by atoms with Crippen molar-refractivity contribution in [1.82, 2.24) is 9.88 Å². The van der Waals surface area contributed by atoms with Gasteiger partial charge in [-0.05, 0) is 19.1 Å². The summed E-state index contributed by atoms with van der Waals surface area (Å²) in [7, 11) is 0. The largest absolute Gasteiger partial charge is 0.352 e. The van der Waals surface area contributed by atoms with Crippen molar-refractivity contribution in [3.63, 3.8) is 0 Å². The van der Waals surface area contributed by atoms with Crippen LogP contribution < -0.4 is 4.90 Å². The molecule has 1 aromatic heterocycles. The Morgan fingerprint density at radius 1 is 1.41 bits per heavy atom. The Morgan fingerprint density at radius 2 is 2.12 bits per heavy atom. The molecular weight excluding hydrogens is 219 g/mol. The molecule has 0 bridgehead atoms. The molecule has 90 valence electrons. The summed E-state index contributed by atoms with van der Waals surface area (Å²) in [5.41, 5.74) is 0. The molecular formula is C12H15FN4. The van der Waals surface area contributed by atoms with Crippen LogP contribution in [0.2, 0.25) is 0 Å². The molecule has 0 N–H and O–H groups in total. The maximum atomic E-state index is 13.5. The highest BCUT2D eigenvalue weighted by Gasteiger charge is 2.22. The number of hydrogen-bond donors (Lipinski definition) is 0. The number of anilines is 1. The molecule has 2 rings (SSSR count). The third-order valence-electron chi connectivity index (χ3n) is 3.09. The van der Waals surface area contributed by atoms with Gasteiger partial charge in [0.1, 0.15) is 0 Å². The van der Waals surface area contributed by atoms with Crippen molar-refractivity contribution in [2.24, 2.45) is 0 Å². The van der Waals surface area contributed by atoms with E-state index in [9.17, 15) is 4.39 Å². The third-order valence-corrected chi connectivity index (χ3v) is 3.09. The summed E-state index contributed by atoms with van der Waals surface area (Å²) in [6, 6.07) is 5.15. The van der Waals surface area contributed by atoms with Crippen LogP contribution in [0.25, 0.3) is 0 Å². The van der Waals surface area contributed by atoms with E-state index >= 15 is 0 Å². The number of aromatic nitrogens is 1. The minimum Gasteiger partial charge on any atom is -0.352 e. The highest BCUT2D eigenvalue weighted by atomic mass is 19.1. The lowest BCUT2D eigenvalue weighted by Crippen LogP contribution is -2.49. The van der Waals surface area contributed by atoms with Crippen LogP contribution in [0.15, 0.2) is 18.3 Å². The highest BCUT2D eigenvalue weighted by Crippen LogP contribution is 2.17. The Hall–Kier alpha value is -1.67. The first-order valence-electron chi connectivity index (χ1n) is 5.71. The quantitative estimate of drug-likeness (QED) is 0.772. The zero-order chi connectivity index (χ0) is 12.3. The van der Waals surface area contributed by atoms with E-state index in [4.69, 9.17) is 5.26 Å². The summed E-state index contributed by atoms with van der Waals surface area (Å²) in [6.45, 7) is 4.84. The SMILES string of the molecule is CC(C#N)N1CCN(c2ncccc2F)CC1. The van der Waals surface area contributed by atoms with E-state index in [1.54, 1.807) is 12.3 Å². The second-order valence-corrected chi connectivity index (χ2v) is 4.14. The second-order valence-electron chi connectivity index (χ2n) is 4.14. The van der Waals surface area contributed by atoms with E-state index in [0.29, 0.717) is 18.9 Å². The predicted molar refractivity (Wildman–Crippen MR) is 63.1 cm³/mol. The first-order valence-corrected chi connectivity index (χ1v) is 5.71. The van der Waals surface area contributed by atoms with Gasteiger partial charge in [0.05, 0.1) is 12.1 Å². The summed E-state index contributed by atoms with van der Waals surface area (Å²) in [5.74, 6) is 0.131. The number of halogens is 1. The van der Waals surface area contributed by atoms with Crippen molar-refractivity contribution in [3.05, 3.63) is 24.1 Å². The number of rotatable bonds is 2. The zero-order valence-electron chi connectivity index (χ0n) is 9.80. The van der Waals surface area contributed by atoms with Crippen LogP contribution in [-0.4, -0.2) is 42.1 Å². The Bertz CT molecular complexity index is 421. The molecule has 1 unspecified atom stereocenters. The fourth-order valence-corrected chi connectivity index (χ4v) is 2.01. The van der Waals surface area contributed by atoms with E-state index in [1.165, 1.54) is 6.07 Å². The van der Waals surface area contributed by atoms with Gasteiger partial charge in [-0.15, -0.1) is 0 Å². The van der Waals surface area contributed by atoms with Crippen LogP contribution in [0, 0.1) is 17.1 Å². The summed E-state index contributed by atoms with van der Waals surface area (Å²) in [6.07, 6.45) is 1.60. The normalized spacial score (nSPS) is 18.8. The highest BCUT2D eigenvalue weighted by molar-refractivity contribution is 5.40. The van der Waals surface area contributed by atoms with Crippen LogP contribution >= 0.6 is 0 Å². The number of nitriles is 1. The van der Waals surface area contributed by atoms with E-state index in [1.807, 2.05) is 11.8 Å². The van der Waals surface area contributed by atoms with Crippen LogP contribution in [0.3, 0.4) is 0 Å². The lowest BCUT2D eigenvalue weighted by atomic mass is 10.2. The lowest BCUT2D eigenvalue weighted by molar-refractivity contribution is 0.230. The van der Waals surface area contributed by atoms with Gasteiger partial charge in [-0.2, -0.15) is 5.26 Å². The average Bonchev–Trinajstić information content (AvgIpc) is 2.39. The maximum Gasteiger partial charge on any atom is 0.165 e. The summed E-state index contributed by atoms with van der Waals surface area (Å²) >= 11 is 0. The smallest absolute Gasteiger partial charge is 0.165 e. The van der Waals surface area contributed by atoms with E-state index in [0.717, 1.165) is 13.1 Å². The van der Waals surface area contributed by atoms with Crippen molar-refractivity contribution in [1.29, 1.82) is 5.26 Å². The van der Waals surface area contributed by atoms with Gasteiger partial charge in [-0.3, -0.25) is 4.90 Å². The van der Waals surface area contributed by atoms with Gasteiger partial charge in [0.25, 0.3) is 0 Å². The topological polar surface area (TPSA) is 43.2 Å². The van der Waals surface area contributed by atoms with E-state index < -0.39 is 0 Å². The summed E-state index contributed by atoms with van der Waals surface area (Å²) in [4.78, 5) is 8.08. The number of piperazine rings is 1. The van der Waals surface area contributed by atoms with Crippen LogP contribution in [-0.2, 0) is 0 Å². The number of hydrogen-bond acceptors (Lipinski definition) is 4. The van der Waals surface area contributed by atoms with Gasteiger partial charge in [0, 0.05) is 32.4 Å². The van der Waals surface area contributed by atoms with Gasteiger partial charge in [-0.25, -0.2) is 9.37 Å². The first kappa shape index (κ1) is 11.8. The molecule has 1 aliphatic heterocycles. The zero-order valence-corrected chi connectivity index (χ0v) is 9.80. The molecule has 0 aliphatic carbocycles. The molecule has 0 aromatic carbocycles. The van der Waals surface area contributed by atoms with Crippen molar-refractivity contribution >= 4 is 5.82 Å². The molecule has 0 spiro atoms. The van der Waals surface area contributed by atoms with Gasteiger partial charge >= 0.3 is 0 Å². The first-order chi connectivity index (χ1) is 8.22. The molecule has 0 amide bonds.